The first kappa shape index (κ1) is 13.9. The first-order valence-electron chi connectivity index (χ1n) is 7.34. The van der Waals surface area contributed by atoms with Gasteiger partial charge in [-0.15, -0.1) is 11.6 Å². The van der Waals surface area contributed by atoms with E-state index in [1.165, 1.54) is 11.1 Å². The van der Waals surface area contributed by atoms with Gasteiger partial charge in [0.05, 0.1) is 22.5 Å². The zero-order valence-corrected chi connectivity index (χ0v) is 13.0. The van der Waals surface area contributed by atoms with Crippen LogP contribution in [-0.2, 0) is 4.74 Å². The highest BCUT2D eigenvalue weighted by atomic mass is 35.5. The number of fused-ring (bicyclic) bond motifs is 1. The van der Waals surface area contributed by atoms with Gasteiger partial charge in [-0.3, -0.25) is 0 Å². The van der Waals surface area contributed by atoms with Crippen molar-refractivity contribution >= 4 is 22.6 Å². The smallest absolute Gasteiger partial charge is 0.127 e. The molecule has 1 fully saturated rings. The van der Waals surface area contributed by atoms with E-state index in [4.69, 9.17) is 21.3 Å². The molecule has 1 heterocycles. The van der Waals surface area contributed by atoms with E-state index in [1.807, 2.05) is 6.92 Å². The molecule has 0 bridgehead atoms. The summed E-state index contributed by atoms with van der Waals surface area (Å²) in [4.78, 5) is 4.72. The van der Waals surface area contributed by atoms with Gasteiger partial charge < -0.3 is 9.30 Å². The van der Waals surface area contributed by atoms with Gasteiger partial charge in [0.1, 0.15) is 5.82 Å². The molecule has 1 atom stereocenters. The molecule has 1 unspecified atom stereocenters. The largest absolute Gasteiger partial charge is 0.378 e. The molecule has 3 nitrogen and oxygen atoms in total. The summed E-state index contributed by atoms with van der Waals surface area (Å²) in [6.07, 6.45) is 2.51. The van der Waals surface area contributed by atoms with Crippen LogP contribution >= 0.6 is 11.6 Å². The molecule has 4 heteroatoms. The Bertz CT molecular complexity index is 614. The highest BCUT2D eigenvalue weighted by Crippen LogP contribution is 2.39. The van der Waals surface area contributed by atoms with E-state index in [2.05, 4.69) is 36.6 Å². The first-order valence-corrected chi connectivity index (χ1v) is 7.78. The summed E-state index contributed by atoms with van der Waals surface area (Å²) in [6.45, 7) is 6.95. The van der Waals surface area contributed by atoms with Crippen LogP contribution in [0.5, 0.6) is 0 Å². The van der Waals surface area contributed by atoms with Crippen LogP contribution in [0.1, 0.15) is 49.5 Å². The van der Waals surface area contributed by atoms with Gasteiger partial charge in [-0.05, 0) is 51.3 Å². The highest BCUT2D eigenvalue weighted by molar-refractivity contribution is 6.20. The summed E-state index contributed by atoms with van der Waals surface area (Å²) < 4.78 is 8.00. The van der Waals surface area contributed by atoms with E-state index in [1.54, 1.807) is 0 Å². The van der Waals surface area contributed by atoms with Crippen LogP contribution in [0.25, 0.3) is 11.0 Å². The van der Waals surface area contributed by atoms with E-state index < -0.39 is 0 Å². The van der Waals surface area contributed by atoms with E-state index >= 15 is 0 Å². The molecule has 0 spiro atoms. The second-order valence-electron chi connectivity index (χ2n) is 5.65. The maximum absolute atomic E-state index is 6.33. The number of benzene rings is 1. The maximum atomic E-state index is 6.33. The Kier molecular flexibility index (Phi) is 3.74. The predicted molar refractivity (Wildman–Crippen MR) is 82.4 cm³/mol. The number of alkyl halides is 1. The van der Waals surface area contributed by atoms with Crippen molar-refractivity contribution in [3.63, 3.8) is 0 Å². The van der Waals surface area contributed by atoms with Crippen molar-refractivity contribution in [2.75, 3.05) is 6.61 Å². The van der Waals surface area contributed by atoms with Crippen molar-refractivity contribution in [3.05, 3.63) is 29.6 Å². The molecule has 2 aromatic rings. The fourth-order valence-corrected chi connectivity index (χ4v) is 3.16. The minimum absolute atomic E-state index is 0.0751. The van der Waals surface area contributed by atoms with Crippen LogP contribution in [0.3, 0.4) is 0 Å². The standard InChI is InChI=1S/C16H21ClN2O/c1-4-20-13-8-12(9-13)19-15-7-10(2)5-6-14(15)18-16(19)11(3)17/h5-7,11-13H,4,8-9H2,1-3H3. The lowest BCUT2D eigenvalue weighted by atomic mass is 9.88. The lowest BCUT2D eigenvalue weighted by molar-refractivity contribution is -0.0193. The van der Waals surface area contributed by atoms with Crippen molar-refractivity contribution < 1.29 is 4.74 Å². The average Bonchev–Trinajstić information content (AvgIpc) is 2.72. The second-order valence-corrected chi connectivity index (χ2v) is 6.31. The number of ether oxygens (including phenoxy) is 1. The van der Waals surface area contributed by atoms with Gasteiger partial charge in [0, 0.05) is 12.6 Å². The second kappa shape index (κ2) is 5.38. The molecule has 0 saturated heterocycles. The third-order valence-corrected chi connectivity index (χ3v) is 4.26. The quantitative estimate of drug-likeness (QED) is 0.782. The van der Waals surface area contributed by atoms with Crippen LogP contribution in [-0.4, -0.2) is 22.3 Å². The lowest BCUT2D eigenvalue weighted by Gasteiger charge is -2.37. The van der Waals surface area contributed by atoms with Crippen LogP contribution < -0.4 is 0 Å². The van der Waals surface area contributed by atoms with E-state index in [-0.39, 0.29) is 5.38 Å². The summed E-state index contributed by atoms with van der Waals surface area (Å²) in [6, 6.07) is 6.86. The lowest BCUT2D eigenvalue weighted by Crippen LogP contribution is -2.34. The molecule has 108 valence electrons. The van der Waals surface area contributed by atoms with Crippen molar-refractivity contribution in [1.82, 2.24) is 9.55 Å². The van der Waals surface area contributed by atoms with Gasteiger partial charge in [-0.2, -0.15) is 0 Å². The number of halogens is 1. The molecule has 0 N–H and O–H groups in total. The van der Waals surface area contributed by atoms with E-state index in [0.717, 1.165) is 30.8 Å². The number of imidazole rings is 1. The highest BCUT2D eigenvalue weighted by Gasteiger charge is 2.34. The number of rotatable bonds is 4. The molecule has 0 radical (unpaired) electrons. The fourth-order valence-electron chi connectivity index (χ4n) is 3.01. The number of hydrogen-bond donors (Lipinski definition) is 0. The topological polar surface area (TPSA) is 27.1 Å². The minimum atomic E-state index is -0.0751. The molecular weight excluding hydrogens is 272 g/mol. The van der Waals surface area contributed by atoms with Gasteiger partial charge in [-0.1, -0.05) is 6.07 Å². The third kappa shape index (κ3) is 2.33. The third-order valence-electron chi connectivity index (χ3n) is 4.07. The Hall–Kier alpha value is -1.06. The van der Waals surface area contributed by atoms with Crippen molar-refractivity contribution in [3.8, 4) is 0 Å². The minimum Gasteiger partial charge on any atom is -0.378 e. The number of nitrogens with zero attached hydrogens (tertiary/aromatic N) is 2. The summed E-state index contributed by atoms with van der Waals surface area (Å²) in [5.74, 6) is 0.979. The van der Waals surface area contributed by atoms with Crippen LogP contribution in [0.15, 0.2) is 18.2 Å². The zero-order valence-electron chi connectivity index (χ0n) is 12.3. The Morgan fingerprint density at radius 3 is 2.85 bits per heavy atom. The van der Waals surface area contributed by atoms with Crippen LogP contribution in [0.2, 0.25) is 0 Å². The number of hydrogen-bond acceptors (Lipinski definition) is 2. The first-order chi connectivity index (χ1) is 9.60. The SMILES string of the molecule is CCOC1CC(n2c(C(C)Cl)nc3ccc(C)cc32)C1. The molecular formula is C16H21ClN2O. The van der Waals surface area contributed by atoms with Crippen LogP contribution in [0.4, 0.5) is 0 Å². The van der Waals surface area contributed by atoms with Crippen molar-refractivity contribution in [2.45, 2.75) is 51.1 Å². The number of aryl methyl sites for hydroxylation is 1. The Balaban J connectivity index is 1.99. The molecule has 1 aromatic heterocycles. The Morgan fingerprint density at radius 2 is 2.20 bits per heavy atom. The fraction of sp³-hybridized carbons (Fsp3) is 0.562. The Labute approximate surface area is 124 Å². The van der Waals surface area contributed by atoms with E-state index in [9.17, 15) is 0 Å². The Morgan fingerprint density at radius 1 is 1.45 bits per heavy atom. The zero-order chi connectivity index (χ0) is 14.3. The molecule has 3 rings (SSSR count). The number of aromatic nitrogens is 2. The summed E-state index contributed by atoms with van der Waals surface area (Å²) >= 11 is 6.33. The summed E-state index contributed by atoms with van der Waals surface area (Å²) in [5.41, 5.74) is 3.50. The summed E-state index contributed by atoms with van der Waals surface area (Å²) in [7, 11) is 0. The molecule has 0 aliphatic heterocycles. The molecule has 1 saturated carbocycles. The average molecular weight is 293 g/mol. The molecule has 20 heavy (non-hydrogen) atoms. The normalized spacial score (nSPS) is 23.8. The van der Waals surface area contributed by atoms with Gasteiger partial charge in [0.2, 0.25) is 0 Å². The predicted octanol–water partition coefficient (Wildman–Crippen LogP) is 4.38. The maximum Gasteiger partial charge on any atom is 0.127 e. The molecule has 1 aliphatic rings. The van der Waals surface area contributed by atoms with Gasteiger partial charge in [-0.25, -0.2) is 4.98 Å². The van der Waals surface area contributed by atoms with Crippen molar-refractivity contribution in [1.29, 1.82) is 0 Å². The van der Waals surface area contributed by atoms with Gasteiger partial charge in [0.15, 0.2) is 0 Å². The molecule has 1 aliphatic carbocycles. The molecule has 0 amide bonds. The van der Waals surface area contributed by atoms with Gasteiger partial charge >= 0.3 is 0 Å². The van der Waals surface area contributed by atoms with E-state index in [0.29, 0.717) is 12.1 Å². The van der Waals surface area contributed by atoms with Gasteiger partial charge in [0.25, 0.3) is 0 Å². The van der Waals surface area contributed by atoms with Crippen LogP contribution in [0, 0.1) is 6.92 Å². The van der Waals surface area contributed by atoms with Crippen molar-refractivity contribution in [2.24, 2.45) is 0 Å². The molecule has 1 aromatic carbocycles. The summed E-state index contributed by atoms with van der Waals surface area (Å²) in [5, 5.41) is -0.0751. The monoisotopic (exact) mass is 292 g/mol.